The largest absolute Gasteiger partial charge is 0.384 e. The quantitative estimate of drug-likeness (QED) is 0.835. The van der Waals surface area contributed by atoms with E-state index in [2.05, 4.69) is 28.4 Å². The van der Waals surface area contributed by atoms with E-state index in [1.165, 1.54) is 25.7 Å². The summed E-state index contributed by atoms with van der Waals surface area (Å²) in [6.07, 6.45) is 10.6. The molecule has 0 aliphatic heterocycles. The third-order valence-electron chi connectivity index (χ3n) is 3.79. The highest BCUT2D eigenvalue weighted by molar-refractivity contribution is 5.61. The van der Waals surface area contributed by atoms with Crippen molar-refractivity contribution in [3.8, 4) is 11.3 Å². The number of nitrogens with two attached hydrogens (primary N) is 1. The van der Waals surface area contributed by atoms with Crippen LogP contribution in [0.3, 0.4) is 0 Å². The van der Waals surface area contributed by atoms with E-state index in [1.807, 2.05) is 24.7 Å². The molecule has 0 amide bonds. The van der Waals surface area contributed by atoms with Crippen LogP contribution in [0.4, 0.5) is 5.82 Å². The van der Waals surface area contributed by atoms with E-state index in [1.54, 1.807) is 6.20 Å². The first-order chi connectivity index (χ1) is 9.74. The normalized spacial score (nSPS) is 12.5. The van der Waals surface area contributed by atoms with Crippen LogP contribution in [0.1, 0.15) is 39.5 Å². The van der Waals surface area contributed by atoms with Crippen LogP contribution in [-0.2, 0) is 6.54 Å². The maximum absolute atomic E-state index is 5.77. The highest BCUT2D eigenvalue weighted by Crippen LogP contribution is 2.23. The van der Waals surface area contributed by atoms with Gasteiger partial charge in [-0.25, -0.2) is 9.97 Å². The molecule has 0 spiro atoms. The summed E-state index contributed by atoms with van der Waals surface area (Å²) >= 11 is 0. The van der Waals surface area contributed by atoms with Crippen LogP contribution in [-0.4, -0.2) is 14.5 Å². The second-order valence-corrected chi connectivity index (χ2v) is 5.32. The highest BCUT2D eigenvalue weighted by atomic mass is 15.0. The van der Waals surface area contributed by atoms with Gasteiger partial charge in [0.1, 0.15) is 5.82 Å². The van der Waals surface area contributed by atoms with E-state index >= 15 is 0 Å². The van der Waals surface area contributed by atoms with Gasteiger partial charge in [-0.05, 0) is 24.5 Å². The van der Waals surface area contributed by atoms with Gasteiger partial charge in [-0.15, -0.1) is 0 Å². The van der Waals surface area contributed by atoms with Crippen LogP contribution in [0.25, 0.3) is 11.3 Å². The van der Waals surface area contributed by atoms with Gasteiger partial charge < -0.3 is 10.3 Å². The molecule has 0 aliphatic carbocycles. The predicted octanol–water partition coefficient (Wildman–Crippen LogP) is 3.74. The van der Waals surface area contributed by atoms with E-state index in [0.717, 1.165) is 17.8 Å². The molecule has 2 rings (SSSR count). The molecular weight excluding hydrogens is 248 g/mol. The lowest BCUT2D eigenvalue weighted by atomic mass is 9.99. The third kappa shape index (κ3) is 3.59. The van der Waals surface area contributed by atoms with Crippen LogP contribution in [0.15, 0.2) is 30.9 Å². The van der Waals surface area contributed by atoms with E-state index in [-0.39, 0.29) is 0 Å². The van der Waals surface area contributed by atoms with Gasteiger partial charge in [-0.3, -0.25) is 0 Å². The van der Waals surface area contributed by atoms with E-state index in [4.69, 9.17) is 5.73 Å². The van der Waals surface area contributed by atoms with Gasteiger partial charge in [0.2, 0.25) is 0 Å². The molecule has 0 radical (unpaired) electrons. The Morgan fingerprint density at radius 3 is 2.90 bits per heavy atom. The first kappa shape index (κ1) is 14.6. The Balaban J connectivity index is 2.16. The fourth-order valence-corrected chi connectivity index (χ4v) is 2.51. The second-order valence-electron chi connectivity index (χ2n) is 5.32. The smallest absolute Gasteiger partial charge is 0.123 e. The van der Waals surface area contributed by atoms with Crippen molar-refractivity contribution in [2.24, 2.45) is 5.92 Å². The van der Waals surface area contributed by atoms with Crippen molar-refractivity contribution in [2.45, 2.75) is 46.1 Å². The lowest BCUT2D eigenvalue weighted by molar-refractivity contribution is 0.392. The fourth-order valence-electron chi connectivity index (χ4n) is 2.51. The van der Waals surface area contributed by atoms with Crippen molar-refractivity contribution in [3.05, 3.63) is 30.9 Å². The summed E-state index contributed by atoms with van der Waals surface area (Å²) in [7, 11) is 0. The maximum atomic E-state index is 5.77. The molecular formula is C16H24N4. The average molecular weight is 272 g/mol. The number of unbranched alkanes of at least 4 members (excludes halogenated alkanes) is 1. The van der Waals surface area contributed by atoms with Crippen LogP contribution >= 0.6 is 0 Å². The second kappa shape index (κ2) is 7.08. The topological polar surface area (TPSA) is 56.7 Å². The Labute approximate surface area is 121 Å². The van der Waals surface area contributed by atoms with E-state index in [9.17, 15) is 0 Å². The lowest BCUT2D eigenvalue weighted by Gasteiger charge is -2.17. The molecule has 1 unspecified atom stereocenters. The Morgan fingerprint density at radius 2 is 2.20 bits per heavy atom. The number of imidazole rings is 1. The maximum Gasteiger partial charge on any atom is 0.123 e. The Bertz CT molecular complexity index is 533. The van der Waals surface area contributed by atoms with E-state index in [0.29, 0.717) is 11.7 Å². The molecule has 2 aromatic heterocycles. The molecule has 2 heterocycles. The number of rotatable bonds is 7. The van der Waals surface area contributed by atoms with Crippen LogP contribution in [0, 0.1) is 5.92 Å². The van der Waals surface area contributed by atoms with Crippen molar-refractivity contribution >= 4 is 5.82 Å². The molecule has 0 saturated carbocycles. The summed E-state index contributed by atoms with van der Waals surface area (Å²) in [6, 6.07) is 3.89. The number of anilines is 1. The van der Waals surface area contributed by atoms with Crippen LogP contribution < -0.4 is 5.73 Å². The third-order valence-corrected chi connectivity index (χ3v) is 3.79. The molecule has 2 aromatic rings. The molecule has 0 saturated heterocycles. The molecule has 0 bridgehead atoms. The van der Waals surface area contributed by atoms with Gasteiger partial charge >= 0.3 is 0 Å². The van der Waals surface area contributed by atoms with Gasteiger partial charge in [-0.2, -0.15) is 0 Å². The van der Waals surface area contributed by atoms with Crippen molar-refractivity contribution in [1.82, 2.24) is 14.5 Å². The van der Waals surface area contributed by atoms with Gasteiger partial charge in [0, 0.05) is 18.3 Å². The summed E-state index contributed by atoms with van der Waals surface area (Å²) in [5.74, 6) is 1.26. The molecule has 1 atom stereocenters. The molecule has 4 heteroatoms. The fraction of sp³-hybridized carbons (Fsp3) is 0.500. The average Bonchev–Trinajstić information content (AvgIpc) is 2.91. The molecule has 0 fully saturated rings. The number of pyridine rings is 1. The summed E-state index contributed by atoms with van der Waals surface area (Å²) in [6.45, 7) is 5.53. The van der Waals surface area contributed by atoms with Crippen molar-refractivity contribution in [1.29, 1.82) is 0 Å². The lowest BCUT2D eigenvalue weighted by Crippen LogP contribution is -2.10. The Morgan fingerprint density at radius 1 is 1.35 bits per heavy atom. The van der Waals surface area contributed by atoms with Crippen molar-refractivity contribution < 1.29 is 0 Å². The molecule has 0 aromatic carbocycles. The first-order valence-corrected chi connectivity index (χ1v) is 7.46. The number of hydrogen-bond acceptors (Lipinski definition) is 3. The zero-order valence-corrected chi connectivity index (χ0v) is 12.4. The number of aromatic nitrogens is 3. The molecule has 20 heavy (non-hydrogen) atoms. The number of nitrogen functional groups attached to an aromatic ring is 1. The van der Waals surface area contributed by atoms with Gasteiger partial charge in [0.15, 0.2) is 0 Å². The monoisotopic (exact) mass is 272 g/mol. The SMILES string of the molecule is CCCCC(CC)Cn1cncc1-c1ccnc(N)c1. The standard InChI is InChI=1S/C16H24N4/c1-3-5-6-13(4-2)11-20-12-18-10-15(20)14-7-8-19-16(17)9-14/h7-10,12-13H,3-6,11H2,1-2H3,(H2,17,19). The highest BCUT2D eigenvalue weighted by Gasteiger charge is 2.11. The summed E-state index contributed by atoms with van der Waals surface area (Å²) in [5, 5.41) is 0. The zero-order chi connectivity index (χ0) is 14.4. The minimum absolute atomic E-state index is 0.549. The van der Waals surface area contributed by atoms with Gasteiger partial charge in [0.05, 0.1) is 18.2 Å². The van der Waals surface area contributed by atoms with Gasteiger partial charge in [0.25, 0.3) is 0 Å². The molecule has 2 N–H and O–H groups in total. The molecule has 4 nitrogen and oxygen atoms in total. The number of hydrogen-bond donors (Lipinski definition) is 1. The summed E-state index contributed by atoms with van der Waals surface area (Å²) in [4.78, 5) is 8.34. The van der Waals surface area contributed by atoms with Crippen LogP contribution in [0.5, 0.6) is 0 Å². The Hall–Kier alpha value is -1.84. The summed E-state index contributed by atoms with van der Waals surface area (Å²) in [5.41, 5.74) is 7.97. The van der Waals surface area contributed by atoms with Crippen LogP contribution in [0.2, 0.25) is 0 Å². The number of nitrogens with zero attached hydrogens (tertiary/aromatic N) is 3. The summed E-state index contributed by atoms with van der Waals surface area (Å²) < 4.78 is 2.23. The van der Waals surface area contributed by atoms with Gasteiger partial charge in [-0.1, -0.05) is 33.1 Å². The Kier molecular flexibility index (Phi) is 5.16. The van der Waals surface area contributed by atoms with Crippen molar-refractivity contribution in [2.75, 3.05) is 5.73 Å². The zero-order valence-electron chi connectivity index (χ0n) is 12.4. The van der Waals surface area contributed by atoms with E-state index < -0.39 is 0 Å². The molecule has 0 aliphatic rings. The minimum Gasteiger partial charge on any atom is -0.384 e. The predicted molar refractivity (Wildman–Crippen MR) is 83.2 cm³/mol. The minimum atomic E-state index is 0.549. The molecule has 108 valence electrons. The first-order valence-electron chi connectivity index (χ1n) is 7.46. The van der Waals surface area contributed by atoms with Crippen molar-refractivity contribution in [3.63, 3.8) is 0 Å².